The first-order chi connectivity index (χ1) is 9.45. The standard InChI is InChI=1S/C18H27NO/c1-18(2,3)15-11-9-14(10-12-15)13-17(20)19-16-7-5-4-6-8-16/h9-12,16H,4-8,13H2,1-3H3,(H,19,20). The Labute approximate surface area is 123 Å². The fraction of sp³-hybridized carbons (Fsp3) is 0.611. The van der Waals surface area contributed by atoms with Gasteiger partial charge in [-0.3, -0.25) is 4.79 Å². The van der Waals surface area contributed by atoms with E-state index < -0.39 is 0 Å². The summed E-state index contributed by atoms with van der Waals surface area (Å²) in [6.45, 7) is 6.62. The topological polar surface area (TPSA) is 29.1 Å². The maximum Gasteiger partial charge on any atom is 0.224 e. The first-order valence-electron chi connectivity index (χ1n) is 7.84. The molecule has 1 N–H and O–H groups in total. The van der Waals surface area contributed by atoms with E-state index in [9.17, 15) is 4.79 Å². The smallest absolute Gasteiger partial charge is 0.224 e. The number of rotatable bonds is 3. The van der Waals surface area contributed by atoms with Crippen LogP contribution in [-0.2, 0) is 16.6 Å². The Morgan fingerprint density at radius 1 is 1.10 bits per heavy atom. The van der Waals surface area contributed by atoms with Crippen molar-refractivity contribution >= 4 is 5.91 Å². The van der Waals surface area contributed by atoms with Crippen LogP contribution < -0.4 is 5.32 Å². The predicted octanol–water partition coefficient (Wildman–Crippen LogP) is 3.98. The molecule has 1 saturated carbocycles. The summed E-state index contributed by atoms with van der Waals surface area (Å²) in [5, 5.41) is 3.17. The predicted molar refractivity (Wildman–Crippen MR) is 83.9 cm³/mol. The minimum atomic E-state index is 0.167. The molecule has 0 heterocycles. The second kappa shape index (κ2) is 6.43. The SMILES string of the molecule is CC(C)(C)c1ccc(CC(=O)NC2CCCCC2)cc1. The Bertz CT molecular complexity index is 435. The van der Waals surface area contributed by atoms with E-state index in [2.05, 4.69) is 50.4 Å². The number of hydrogen-bond acceptors (Lipinski definition) is 1. The van der Waals surface area contributed by atoms with Crippen LogP contribution >= 0.6 is 0 Å². The fourth-order valence-corrected chi connectivity index (χ4v) is 2.83. The van der Waals surface area contributed by atoms with Gasteiger partial charge in [-0.15, -0.1) is 0 Å². The number of hydrogen-bond donors (Lipinski definition) is 1. The summed E-state index contributed by atoms with van der Waals surface area (Å²) in [5.74, 6) is 0.167. The van der Waals surface area contributed by atoms with Crippen LogP contribution in [0.1, 0.15) is 64.0 Å². The second-order valence-electron chi connectivity index (χ2n) is 7.03. The van der Waals surface area contributed by atoms with Crippen molar-refractivity contribution in [2.24, 2.45) is 0 Å². The van der Waals surface area contributed by atoms with Crippen molar-refractivity contribution in [2.75, 3.05) is 0 Å². The molecule has 1 amide bonds. The van der Waals surface area contributed by atoms with Crippen molar-refractivity contribution in [2.45, 2.75) is 70.8 Å². The minimum absolute atomic E-state index is 0.167. The number of nitrogens with one attached hydrogen (secondary N) is 1. The van der Waals surface area contributed by atoms with Crippen molar-refractivity contribution in [3.8, 4) is 0 Å². The summed E-state index contributed by atoms with van der Waals surface area (Å²) < 4.78 is 0. The van der Waals surface area contributed by atoms with E-state index in [1.807, 2.05) is 0 Å². The first-order valence-corrected chi connectivity index (χ1v) is 7.84. The molecule has 1 aromatic carbocycles. The van der Waals surface area contributed by atoms with E-state index in [4.69, 9.17) is 0 Å². The Hall–Kier alpha value is -1.31. The molecule has 1 aromatic rings. The molecule has 0 bridgehead atoms. The lowest BCUT2D eigenvalue weighted by atomic mass is 9.86. The number of benzene rings is 1. The van der Waals surface area contributed by atoms with Crippen LogP contribution in [0.15, 0.2) is 24.3 Å². The van der Waals surface area contributed by atoms with Gasteiger partial charge in [0.15, 0.2) is 0 Å². The molecular weight excluding hydrogens is 246 g/mol. The molecule has 2 nitrogen and oxygen atoms in total. The van der Waals surface area contributed by atoms with E-state index in [1.165, 1.54) is 24.8 Å². The molecule has 0 saturated heterocycles. The largest absolute Gasteiger partial charge is 0.353 e. The van der Waals surface area contributed by atoms with Gasteiger partial charge in [0.05, 0.1) is 6.42 Å². The Morgan fingerprint density at radius 3 is 2.25 bits per heavy atom. The first kappa shape index (κ1) is 15.1. The highest BCUT2D eigenvalue weighted by molar-refractivity contribution is 5.78. The number of carbonyl (C=O) groups excluding carboxylic acids is 1. The molecular formula is C18H27NO. The Balaban J connectivity index is 1.87. The van der Waals surface area contributed by atoms with Crippen LogP contribution in [0.5, 0.6) is 0 Å². The molecule has 2 heteroatoms. The van der Waals surface area contributed by atoms with Crippen molar-refractivity contribution in [3.63, 3.8) is 0 Å². The minimum Gasteiger partial charge on any atom is -0.353 e. The van der Waals surface area contributed by atoms with E-state index in [0.717, 1.165) is 18.4 Å². The quantitative estimate of drug-likeness (QED) is 0.887. The average molecular weight is 273 g/mol. The second-order valence-corrected chi connectivity index (χ2v) is 7.03. The van der Waals surface area contributed by atoms with Gasteiger partial charge in [-0.25, -0.2) is 0 Å². The van der Waals surface area contributed by atoms with E-state index in [-0.39, 0.29) is 11.3 Å². The Morgan fingerprint density at radius 2 is 1.70 bits per heavy atom. The maximum absolute atomic E-state index is 12.1. The zero-order valence-electron chi connectivity index (χ0n) is 13.0. The van der Waals surface area contributed by atoms with Crippen molar-refractivity contribution in [3.05, 3.63) is 35.4 Å². The molecule has 0 atom stereocenters. The zero-order chi connectivity index (χ0) is 14.6. The van der Waals surface area contributed by atoms with Gasteiger partial charge in [0.2, 0.25) is 5.91 Å². The van der Waals surface area contributed by atoms with Gasteiger partial charge in [0.25, 0.3) is 0 Å². The van der Waals surface area contributed by atoms with Crippen LogP contribution in [0.2, 0.25) is 0 Å². The van der Waals surface area contributed by atoms with Gasteiger partial charge in [-0.05, 0) is 29.4 Å². The zero-order valence-corrected chi connectivity index (χ0v) is 13.0. The molecule has 20 heavy (non-hydrogen) atoms. The van der Waals surface area contributed by atoms with Gasteiger partial charge in [0, 0.05) is 6.04 Å². The van der Waals surface area contributed by atoms with Crippen LogP contribution in [-0.4, -0.2) is 11.9 Å². The molecule has 0 radical (unpaired) electrons. The molecule has 1 fully saturated rings. The summed E-state index contributed by atoms with van der Waals surface area (Å²) in [7, 11) is 0. The van der Waals surface area contributed by atoms with Gasteiger partial charge in [-0.1, -0.05) is 64.3 Å². The van der Waals surface area contributed by atoms with Gasteiger partial charge in [0.1, 0.15) is 0 Å². The van der Waals surface area contributed by atoms with Crippen molar-refractivity contribution in [1.82, 2.24) is 5.32 Å². The molecule has 1 aliphatic carbocycles. The summed E-state index contributed by atoms with van der Waals surface area (Å²) >= 11 is 0. The molecule has 0 aliphatic heterocycles. The van der Waals surface area contributed by atoms with Gasteiger partial charge in [-0.2, -0.15) is 0 Å². The lowest BCUT2D eigenvalue weighted by Gasteiger charge is -2.23. The van der Waals surface area contributed by atoms with E-state index in [1.54, 1.807) is 0 Å². The highest BCUT2D eigenvalue weighted by Crippen LogP contribution is 2.22. The van der Waals surface area contributed by atoms with E-state index in [0.29, 0.717) is 12.5 Å². The lowest BCUT2D eigenvalue weighted by molar-refractivity contribution is -0.121. The molecule has 0 unspecified atom stereocenters. The number of amides is 1. The van der Waals surface area contributed by atoms with Crippen LogP contribution in [0.4, 0.5) is 0 Å². The Kier molecular flexibility index (Phi) is 4.85. The number of carbonyl (C=O) groups is 1. The molecule has 0 aromatic heterocycles. The third-order valence-corrected chi connectivity index (χ3v) is 4.15. The lowest BCUT2D eigenvalue weighted by Crippen LogP contribution is -2.37. The summed E-state index contributed by atoms with van der Waals surface area (Å²) in [5.41, 5.74) is 2.59. The summed E-state index contributed by atoms with van der Waals surface area (Å²) in [6, 6.07) is 8.86. The third kappa shape index (κ3) is 4.36. The van der Waals surface area contributed by atoms with Gasteiger partial charge < -0.3 is 5.32 Å². The molecule has 2 rings (SSSR count). The summed E-state index contributed by atoms with van der Waals surface area (Å²) in [4.78, 5) is 12.1. The van der Waals surface area contributed by atoms with Crippen LogP contribution in [0.25, 0.3) is 0 Å². The monoisotopic (exact) mass is 273 g/mol. The van der Waals surface area contributed by atoms with Crippen molar-refractivity contribution in [1.29, 1.82) is 0 Å². The van der Waals surface area contributed by atoms with Crippen LogP contribution in [0.3, 0.4) is 0 Å². The third-order valence-electron chi connectivity index (χ3n) is 4.15. The fourth-order valence-electron chi connectivity index (χ4n) is 2.83. The molecule has 1 aliphatic rings. The van der Waals surface area contributed by atoms with Crippen molar-refractivity contribution < 1.29 is 4.79 Å². The van der Waals surface area contributed by atoms with E-state index >= 15 is 0 Å². The highest BCUT2D eigenvalue weighted by atomic mass is 16.1. The maximum atomic E-state index is 12.1. The molecule has 110 valence electrons. The normalized spacial score (nSPS) is 16.9. The average Bonchev–Trinajstić information content (AvgIpc) is 2.39. The van der Waals surface area contributed by atoms with Crippen LogP contribution in [0, 0.1) is 0 Å². The highest BCUT2D eigenvalue weighted by Gasteiger charge is 2.16. The molecule has 0 spiro atoms. The van der Waals surface area contributed by atoms with Gasteiger partial charge >= 0.3 is 0 Å². The summed E-state index contributed by atoms with van der Waals surface area (Å²) in [6.07, 6.45) is 6.63.